The lowest BCUT2D eigenvalue weighted by Gasteiger charge is -2.29. The zero-order valence-corrected chi connectivity index (χ0v) is 10.9. The van der Waals surface area contributed by atoms with Crippen LogP contribution in [0.15, 0.2) is 34.9 Å². The second-order valence-corrected chi connectivity index (χ2v) is 4.93. The maximum atomic E-state index is 11.7. The minimum Gasteiger partial charge on any atom is -0.480 e. The summed E-state index contributed by atoms with van der Waals surface area (Å²) in [5.41, 5.74) is -0.248. The molecule has 2 N–H and O–H groups in total. The normalized spacial score (nSPS) is 17.8. The lowest BCUT2D eigenvalue weighted by Crippen LogP contribution is -2.45. The number of carbonyl (C=O) groups is 1. The smallest absolute Gasteiger partial charge is 0.319 e. The third-order valence-electron chi connectivity index (χ3n) is 3.73. The van der Waals surface area contributed by atoms with E-state index in [0.29, 0.717) is 31.8 Å². The molecular weight excluding hydrogens is 258 g/mol. The predicted molar refractivity (Wildman–Crippen MR) is 71.2 cm³/mol. The van der Waals surface area contributed by atoms with Crippen LogP contribution in [0.2, 0.25) is 0 Å². The van der Waals surface area contributed by atoms with Gasteiger partial charge in [-0.2, -0.15) is 4.98 Å². The van der Waals surface area contributed by atoms with E-state index in [9.17, 15) is 9.90 Å². The van der Waals surface area contributed by atoms with E-state index in [1.807, 2.05) is 30.3 Å². The average molecular weight is 273 g/mol. The Morgan fingerprint density at radius 1 is 1.25 bits per heavy atom. The molecule has 0 aliphatic carbocycles. The van der Waals surface area contributed by atoms with E-state index in [2.05, 4.69) is 15.5 Å². The molecule has 1 aromatic heterocycles. The Bertz CT molecular complexity index is 603. The highest BCUT2D eigenvalue weighted by Gasteiger charge is 2.46. The Kier molecular flexibility index (Phi) is 3.23. The van der Waals surface area contributed by atoms with Gasteiger partial charge in [-0.15, -0.1) is 0 Å². The molecule has 1 aromatic carbocycles. The van der Waals surface area contributed by atoms with E-state index in [0.717, 1.165) is 5.56 Å². The summed E-state index contributed by atoms with van der Waals surface area (Å²) < 4.78 is 5.25. The summed E-state index contributed by atoms with van der Waals surface area (Å²) in [7, 11) is 0. The monoisotopic (exact) mass is 273 g/mol. The molecule has 0 spiro atoms. The van der Waals surface area contributed by atoms with Crippen LogP contribution in [-0.2, 0) is 10.2 Å². The molecule has 0 radical (unpaired) electrons. The number of carboxylic acid groups (broad SMARTS) is 1. The zero-order valence-electron chi connectivity index (χ0n) is 10.9. The number of nitrogens with one attached hydrogen (secondary N) is 1. The van der Waals surface area contributed by atoms with Gasteiger partial charge < -0.3 is 14.9 Å². The molecule has 104 valence electrons. The summed E-state index contributed by atoms with van der Waals surface area (Å²) in [4.78, 5) is 16.0. The SMILES string of the molecule is O=C(O)C1(c2nc(-c3ccccc3)no2)CCNCC1. The molecule has 1 aliphatic rings. The van der Waals surface area contributed by atoms with Gasteiger partial charge in [0.1, 0.15) is 5.41 Å². The Labute approximate surface area is 115 Å². The van der Waals surface area contributed by atoms with Crippen molar-refractivity contribution in [2.75, 3.05) is 13.1 Å². The molecular formula is C14H15N3O3. The number of hydrogen-bond acceptors (Lipinski definition) is 5. The lowest BCUT2D eigenvalue weighted by atomic mass is 9.79. The quantitative estimate of drug-likeness (QED) is 0.879. The summed E-state index contributed by atoms with van der Waals surface area (Å²) in [5.74, 6) is -0.271. The highest BCUT2D eigenvalue weighted by atomic mass is 16.5. The van der Waals surface area contributed by atoms with Gasteiger partial charge in [0, 0.05) is 5.56 Å². The van der Waals surface area contributed by atoms with Crippen molar-refractivity contribution in [1.29, 1.82) is 0 Å². The largest absolute Gasteiger partial charge is 0.480 e. The average Bonchev–Trinajstić information content (AvgIpc) is 2.99. The molecule has 0 saturated carbocycles. The zero-order chi connectivity index (χ0) is 14.0. The Balaban J connectivity index is 1.98. The fourth-order valence-corrected chi connectivity index (χ4v) is 2.50. The van der Waals surface area contributed by atoms with E-state index in [-0.39, 0.29) is 5.89 Å². The highest BCUT2D eigenvalue weighted by Crippen LogP contribution is 2.33. The minimum absolute atomic E-state index is 0.199. The Morgan fingerprint density at radius 3 is 2.60 bits per heavy atom. The molecule has 1 aliphatic heterocycles. The van der Waals surface area contributed by atoms with Gasteiger partial charge >= 0.3 is 5.97 Å². The second-order valence-electron chi connectivity index (χ2n) is 4.93. The van der Waals surface area contributed by atoms with Gasteiger partial charge in [-0.05, 0) is 25.9 Å². The maximum Gasteiger partial charge on any atom is 0.319 e. The molecule has 1 fully saturated rings. The minimum atomic E-state index is -1.06. The standard InChI is InChI=1S/C14H15N3O3/c18-13(19)14(6-8-15-9-7-14)12-16-11(17-20-12)10-4-2-1-3-5-10/h1-5,15H,6-9H2,(H,18,19). The van der Waals surface area contributed by atoms with Crippen molar-refractivity contribution in [3.05, 3.63) is 36.2 Å². The second kappa shape index (κ2) is 5.05. The van der Waals surface area contributed by atoms with Crippen LogP contribution in [0.1, 0.15) is 18.7 Å². The van der Waals surface area contributed by atoms with Gasteiger partial charge in [0.2, 0.25) is 11.7 Å². The molecule has 0 unspecified atom stereocenters. The molecule has 2 aromatic rings. The number of piperidine rings is 1. The lowest BCUT2D eigenvalue weighted by molar-refractivity contribution is -0.146. The first-order valence-corrected chi connectivity index (χ1v) is 6.56. The van der Waals surface area contributed by atoms with Crippen molar-refractivity contribution in [3.63, 3.8) is 0 Å². The molecule has 0 bridgehead atoms. The van der Waals surface area contributed by atoms with E-state index >= 15 is 0 Å². The number of carboxylic acids is 1. The summed E-state index contributed by atoms with van der Waals surface area (Å²) in [6, 6.07) is 9.39. The maximum absolute atomic E-state index is 11.7. The van der Waals surface area contributed by atoms with Crippen LogP contribution in [0.4, 0.5) is 0 Å². The summed E-state index contributed by atoms with van der Waals surface area (Å²) in [6.45, 7) is 1.27. The molecule has 20 heavy (non-hydrogen) atoms. The molecule has 3 rings (SSSR count). The van der Waals surface area contributed by atoms with E-state index in [1.54, 1.807) is 0 Å². The number of hydrogen-bond donors (Lipinski definition) is 2. The first kappa shape index (κ1) is 12.8. The fraction of sp³-hybridized carbons (Fsp3) is 0.357. The van der Waals surface area contributed by atoms with Crippen LogP contribution in [0.25, 0.3) is 11.4 Å². The molecule has 0 amide bonds. The number of aliphatic carboxylic acids is 1. The molecule has 0 atom stereocenters. The number of rotatable bonds is 3. The molecule has 1 saturated heterocycles. The van der Waals surface area contributed by atoms with E-state index in [1.165, 1.54) is 0 Å². The van der Waals surface area contributed by atoms with Gasteiger partial charge in [-0.1, -0.05) is 35.5 Å². The summed E-state index contributed by atoms with van der Waals surface area (Å²) in [5, 5.41) is 16.6. The van der Waals surface area contributed by atoms with Crippen LogP contribution in [0, 0.1) is 0 Å². The van der Waals surface area contributed by atoms with Crippen molar-refractivity contribution in [1.82, 2.24) is 15.5 Å². The van der Waals surface area contributed by atoms with Crippen molar-refractivity contribution >= 4 is 5.97 Å². The van der Waals surface area contributed by atoms with Gasteiger partial charge in [0.25, 0.3) is 0 Å². The van der Waals surface area contributed by atoms with Crippen molar-refractivity contribution < 1.29 is 14.4 Å². The van der Waals surface area contributed by atoms with Crippen molar-refractivity contribution in [2.24, 2.45) is 0 Å². The van der Waals surface area contributed by atoms with Crippen LogP contribution in [0.3, 0.4) is 0 Å². The fourth-order valence-electron chi connectivity index (χ4n) is 2.50. The first-order chi connectivity index (χ1) is 9.72. The van der Waals surface area contributed by atoms with Gasteiger partial charge in [-0.3, -0.25) is 4.79 Å². The number of aromatic nitrogens is 2. The van der Waals surface area contributed by atoms with Gasteiger partial charge in [0.05, 0.1) is 0 Å². The number of benzene rings is 1. The number of nitrogens with zero attached hydrogens (tertiary/aromatic N) is 2. The molecule has 6 nitrogen and oxygen atoms in total. The van der Waals surface area contributed by atoms with Crippen LogP contribution in [-0.4, -0.2) is 34.3 Å². The molecule has 2 heterocycles. The first-order valence-electron chi connectivity index (χ1n) is 6.56. The highest BCUT2D eigenvalue weighted by molar-refractivity contribution is 5.80. The van der Waals surface area contributed by atoms with Crippen molar-refractivity contribution in [3.8, 4) is 11.4 Å². The van der Waals surface area contributed by atoms with Crippen LogP contribution in [0.5, 0.6) is 0 Å². The summed E-state index contributed by atoms with van der Waals surface area (Å²) in [6.07, 6.45) is 0.914. The topological polar surface area (TPSA) is 88.2 Å². The van der Waals surface area contributed by atoms with Crippen LogP contribution >= 0.6 is 0 Å². The Hall–Kier alpha value is -2.21. The third-order valence-corrected chi connectivity index (χ3v) is 3.73. The van der Waals surface area contributed by atoms with Gasteiger partial charge in [-0.25, -0.2) is 0 Å². The summed E-state index contributed by atoms with van der Waals surface area (Å²) >= 11 is 0. The van der Waals surface area contributed by atoms with Crippen LogP contribution < -0.4 is 5.32 Å². The third kappa shape index (κ3) is 2.08. The Morgan fingerprint density at radius 2 is 1.95 bits per heavy atom. The molecule has 6 heteroatoms. The predicted octanol–water partition coefficient (Wildman–Crippen LogP) is 1.44. The van der Waals surface area contributed by atoms with E-state index < -0.39 is 11.4 Å². The van der Waals surface area contributed by atoms with Gasteiger partial charge in [0.15, 0.2) is 0 Å². The van der Waals surface area contributed by atoms with Crippen molar-refractivity contribution in [2.45, 2.75) is 18.3 Å². The van der Waals surface area contributed by atoms with E-state index in [4.69, 9.17) is 4.52 Å².